The normalized spacial score (nSPS) is 48.0. The Hall–Kier alpha value is -0.630. The number of hydrogen-bond acceptors (Lipinski definition) is 2. The topological polar surface area (TPSA) is 29.6 Å². The van der Waals surface area contributed by atoms with E-state index in [1.54, 1.807) is 0 Å². The van der Waals surface area contributed by atoms with Crippen LogP contribution in [0.15, 0.2) is 12.7 Å². The minimum absolute atomic E-state index is 0.0715. The highest BCUT2D eigenvalue weighted by Gasteiger charge is 2.73. The van der Waals surface area contributed by atoms with E-state index in [1.165, 1.54) is 12.5 Å². The van der Waals surface area contributed by atoms with Crippen LogP contribution in [0.4, 0.5) is 0 Å². The fourth-order valence-electron chi connectivity index (χ4n) is 2.84. The molecule has 1 saturated heterocycles. The summed E-state index contributed by atoms with van der Waals surface area (Å²) in [6.45, 7) is 7.69. The van der Waals surface area contributed by atoms with E-state index in [-0.39, 0.29) is 11.4 Å². The third-order valence-electron chi connectivity index (χ3n) is 3.67. The lowest BCUT2D eigenvalue weighted by molar-refractivity contribution is -0.121. The summed E-state index contributed by atoms with van der Waals surface area (Å²) in [5.74, 6) is 0.416. The lowest BCUT2D eigenvalue weighted by Gasteiger charge is -2.26. The van der Waals surface area contributed by atoms with Crippen LogP contribution in [0.1, 0.15) is 33.1 Å². The van der Waals surface area contributed by atoms with Crippen LogP contribution < -0.4 is 0 Å². The van der Waals surface area contributed by atoms with Gasteiger partial charge in [-0.1, -0.05) is 19.9 Å². The Morgan fingerprint density at radius 2 is 2.38 bits per heavy atom. The molecule has 2 fully saturated rings. The smallest absolute Gasteiger partial charge is 0.190 e. The van der Waals surface area contributed by atoms with E-state index in [1.807, 2.05) is 6.92 Å². The molecule has 0 amide bonds. The third kappa shape index (κ3) is 0.896. The number of ketones is 1. The van der Waals surface area contributed by atoms with E-state index in [4.69, 9.17) is 4.74 Å². The van der Waals surface area contributed by atoms with Gasteiger partial charge in [0.1, 0.15) is 5.60 Å². The van der Waals surface area contributed by atoms with Crippen molar-refractivity contribution in [1.29, 1.82) is 0 Å². The maximum absolute atomic E-state index is 11.7. The average molecular weight is 180 g/mol. The van der Waals surface area contributed by atoms with Crippen LogP contribution in [-0.2, 0) is 9.53 Å². The van der Waals surface area contributed by atoms with Crippen LogP contribution in [0.5, 0.6) is 0 Å². The van der Waals surface area contributed by atoms with Crippen LogP contribution in [0.2, 0.25) is 0 Å². The largest absolute Gasteiger partial charge is 0.354 e. The monoisotopic (exact) mass is 180 g/mol. The first-order valence-electron chi connectivity index (χ1n) is 4.94. The van der Waals surface area contributed by atoms with Gasteiger partial charge in [-0.15, -0.1) is 0 Å². The fourth-order valence-corrected chi connectivity index (χ4v) is 2.84. The summed E-state index contributed by atoms with van der Waals surface area (Å²) in [5, 5.41) is 0. The first-order valence-corrected chi connectivity index (χ1v) is 4.94. The molecule has 2 aliphatic rings. The van der Waals surface area contributed by atoms with Crippen molar-refractivity contribution in [3.63, 3.8) is 0 Å². The molecule has 0 aromatic carbocycles. The predicted octanol–water partition coefficient (Wildman–Crippen LogP) is 2.09. The van der Waals surface area contributed by atoms with Gasteiger partial charge in [-0.2, -0.15) is 0 Å². The van der Waals surface area contributed by atoms with E-state index < -0.39 is 5.60 Å². The number of hydrogen-bond donors (Lipinski definition) is 0. The van der Waals surface area contributed by atoms with Gasteiger partial charge >= 0.3 is 0 Å². The molecule has 0 aromatic heterocycles. The van der Waals surface area contributed by atoms with Crippen LogP contribution in [-0.4, -0.2) is 17.0 Å². The average Bonchev–Trinajstić information content (AvgIpc) is 2.74. The summed E-state index contributed by atoms with van der Waals surface area (Å²) >= 11 is 0. The molecule has 1 aliphatic carbocycles. The van der Waals surface area contributed by atoms with Gasteiger partial charge in [-0.25, -0.2) is 0 Å². The molecular formula is C11H16O2. The molecule has 0 aromatic rings. The van der Waals surface area contributed by atoms with Crippen molar-refractivity contribution in [2.45, 2.75) is 44.3 Å². The van der Waals surface area contributed by atoms with Gasteiger partial charge < -0.3 is 4.74 Å². The van der Waals surface area contributed by atoms with Crippen molar-refractivity contribution in [3.8, 4) is 0 Å². The summed E-state index contributed by atoms with van der Waals surface area (Å²) in [5.41, 5.74) is -0.692. The summed E-state index contributed by atoms with van der Waals surface area (Å²) in [6.07, 6.45) is 4.68. The van der Waals surface area contributed by atoms with Gasteiger partial charge in [0.25, 0.3) is 0 Å². The number of epoxide rings is 1. The molecule has 1 saturated carbocycles. The number of ether oxygens (including phenoxy) is 1. The number of carbonyl (C=O) groups excluding carboxylic acids is 1. The van der Waals surface area contributed by atoms with Crippen molar-refractivity contribution >= 4 is 5.78 Å². The molecule has 1 aliphatic heterocycles. The molecule has 2 nitrogen and oxygen atoms in total. The lowest BCUT2D eigenvalue weighted by atomic mass is 9.71. The van der Waals surface area contributed by atoms with Gasteiger partial charge in [-0.05, 0) is 31.8 Å². The molecule has 0 spiro atoms. The SMILES string of the molecule is C=CC(=O)C12OC1(C)CCCC2C. The summed E-state index contributed by atoms with van der Waals surface area (Å²) in [4.78, 5) is 11.7. The molecule has 13 heavy (non-hydrogen) atoms. The highest BCUT2D eigenvalue weighted by molar-refractivity contribution is 6.00. The van der Waals surface area contributed by atoms with E-state index in [9.17, 15) is 4.79 Å². The molecule has 0 bridgehead atoms. The van der Waals surface area contributed by atoms with Crippen LogP contribution >= 0.6 is 0 Å². The Morgan fingerprint density at radius 3 is 2.92 bits per heavy atom. The highest BCUT2D eigenvalue weighted by Crippen LogP contribution is 2.60. The summed E-state index contributed by atoms with van der Waals surface area (Å²) in [6, 6.07) is 0. The minimum atomic E-state index is -0.507. The first kappa shape index (κ1) is 8.95. The van der Waals surface area contributed by atoms with Crippen molar-refractivity contribution in [2.24, 2.45) is 5.92 Å². The summed E-state index contributed by atoms with van der Waals surface area (Å²) in [7, 11) is 0. The van der Waals surface area contributed by atoms with E-state index in [0.717, 1.165) is 12.8 Å². The lowest BCUT2D eigenvalue weighted by Crippen LogP contribution is -2.40. The highest BCUT2D eigenvalue weighted by atomic mass is 16.6. The fraction of sp³-hybridized carbons (Fsp3) is 0.727. The van der Waals surface area contributed by atoms with Crippen LogP contribution in [0, 0.1) is 5.92 Å². The molecular weight excluding hydrogens is 164 g/mol. The Kier molecular flexibility index (Phi) is 1.68. The van der Waals surface area contributed by atoms with E-state index in [0.29, 0.717) is 5.92 Å². The van der Waals surface area contributed by atoms with Gasteiger partial charge in [-0.3, -0.25) is 4.79 Å². The second-order valence-corrected chi connectivity index (χ2v) is 4.43. The van der Waals surface area contributed by atoms with Crippen molar-refractivity contribution in [1.82, 2.24) is 0 Å². The molecule has 72 valence electrons. The van der Waals surface area contributed by atoms with E-state index in [2.05, 4.69) is 13.5 Å². The molecule has 0 N–H and O–H groups in total. The second kappa shape index (κ2) is 2.44. The Balaban J connectivity index is 2.31. The number of fused-ring (bicyclic) bond motifs is 1. The van der Waals surface area contributed by atoms with Crippen molar-refractivity contribution in [2.75, 3.05) is 0 Å². The zero-order valence-corrected chi connectivity index (χ0v) is 8.30. The van der Waals surface area contributed by atoms with Gasteiger partial charge in [0.2, 0.25) is 0 Å². The number of rotatable bonds is 2. The minimum Gasteiger partial charge on any atom is -0.354 e. The zero-order chi connectivity index (χ0) is 9.69. The molecule has 3 unspecified atom stereocenters. The first-order chi connectivity index (χ1) is 6.07. The van der Waals surface area contributed by atoms with Crippen molar-refractivity contribution < 1.29 is 9.53 Å². The Morgan fingerprint density at radius 1 is 1.69 bits per heavy atom. The standard InChI is InChI=1S/C11H16O2/c1-4-9(12)11-8(2)6-5-7-10(11,3)13-11/h4,8H,1,5-7H2,2-3H3. The number of carbonyl (C=O) groups is 1. The quantitative estimate of drug-likeness (QED) is 0.481. The van der Waals surface area contributed by atoms with Crippen molar-refractivity contribution in [3.05, 3.63) is 12.7 Å². The summed E-state index contributed by atoms with van der Waals surface area (Å²) < 4.78 is 5.70. The second-order valence-electron chi connectivity index (χ2n) is 4.43. The Labute approximate surface area is 79.0 Å². The molecule has 2 rings (SSSR count). The molecule has 1 heterocycles. The van der Waals surface area contributed by atoms with Gasteiger partial charge in [0.15, 0.2) is 11.4 Å². The maximum Gasteiger partial charge on any atom is 0.190 e. The maximum atomic E-state index is 11.7. The molecule has 2 heteroatoms. The van der Waals surface area contributed by atoms with Crippen LogP contribution in [0.25, 0.3) is 0 Å². The predicted molar refractivity (Wildman–Crippen MR) is 50.4 cm³/mol. The third-order valence-corrected chi connectivity index (χ3v) is 3.67. The molecule has 0 radical (unpaired) electrons. The molecule has 3 atom stereocenters. The zero-order valence-electron chi connectivity index (χ0n) is 8.30. The van der Waals surface area contributed by atoms with Gasteiger partial charge in [0, 0.05) is 0 Å². The Bertz CT molecular complexity index is 271. The van der Waals surface area contributed by atoms with E-state index >= 15 is 0 Å². The van der Waals surface area contributed by atoms with Gasteiger partial charge in [0.05, 0.1) is 0 Å². The van der Waals surface area contributed by atoms with Crippen LogP contribution in [0.3, 0.4) is 0 Å².